The molecule has 9 nitrogen and oxygen atoms in total. The Bertz CT molecular complexity index is 933. The summed E-state index contributed by atoms with van der Waals surface area (Å²) in [5.74, 6) is -0.812. The van der Waals surface area contributed by atoms with E-state index in [9.17, 15) is 19.0 Å². The number of allylic oxidation sites excluding steroid dienone is 4. The summed E-state index contributed by atoms with van der Waals surface area (Å²) in [4.78, 5) is 35.2. The minimum Gasteiger partial charge on any atom is -0.462 e. The Labute approximate surface area is 313 Å². The fourth-order valence-corrected chi connectivity index (χ4v) is 6.18. The van der Waals surface area contributed by atoms with E-state index >= 15 is 0 Å². The summed E-state index contributed by atoms with van der Waals surface area (Å²) in [7, 11) is 1.47. The first kappa shape index (κ1) is 49.5. The highest BCUT2D eigenvalue weighted by molar-refractivity contribution is 7.47. The van der Waals surface area contributed by atoms with Gasteiger partial charge < -0.3 is 18.9 Å². The molecule has 0 aliphatic heterocycles. The summed E-state index contributed by atoms with van der Waals surface area (Å²) in [6, 6.07) is 0. The first-order valence-electron chi connectivity index (χ1n) is 20.6. The second-order valence-electron chi connectivity index (χ2n) is 15.0. The summed E-state index contributed by atoms with van der Waals surface area (Å²) in [6.45, 7) is 4.36. The Morgan fingerprint density at radius 2 is 1.08 bits per heavy atom. The smallest absolute Gasteiger partial charge is 0.462 e. The summed E-state index contributed by atoms with van der Waals surface area (Å²) >= 11 is 0. The second kappa shape index (κ2) is 34.3. The maximum atomic E-state index is 12.6. The van der Waals surface area contributed by atoms with E-state index in [1.165, 1.54) is 77.0 Å². The van der Waals surface area contributed by atoms with Gasteiger partial charge in [-0.25, -0.2) is 4.57 Å². The van der Waals surface area contributed by atoms with E-state index in [4.69, 9.17) is 18.5 Å². The highest BCUT2D eigenvalue weighted by atomic mass is 31.2. The number of hydrogen-bond acceptors (Lipinski definition) is 7. The van der Waals surface area contributed by atoms with Crippen LogP contribution in [-0.4, -0.2) is 74.9 Å². The zero-order valence-corrected chi connectivity index (χ0v) is 34.5. The number of phosphoric acid groups is 1. The van der Waals surface area contributed by atoms with Gasteiger partial charge in [0.2, 0.25) is 0 Å². The fourth-order valence-electron chi connectivity index (χ4n) is 5.44. The van der Waals surface area contributed by atoms with Gasteiger partial charge in [-0.3, -0.25) is 18.6 Å². The zero-order valence-electron chi connectivity index (χ0n) is 33.6. The number of carbonyl (C=O) groups excluding carboxylic acids is 2. The van der Waals surface area contributed by atoms with Gasteiger partial charge in [0.15, 0.2) is 6.10 Å². The number of esters is 2. The minimum atomic E-state index is -4.37. The van der Waals surface area contributed by atoms with Crippen molar-refractivity contribution in [1.29, 1.82) is 0 Å². The molecular weight excluding hydrogens is 665 g/mol. The Kier molecular flexibility index (Phi) is 33.3. The largest absolute Gasteiger partial charge is 0.472 e. The predicted octanol–water partition coefficient (Wildman–Crippen LogP) is 11.2. The van der Waals surface area contributed by atoms with Crippen molar-refractivity contribution < 1.29 is 42.1 Å². The monoisotopic (exact) mass is 745 g/mol. The van der Waals surface area contributed by atoms with Crippen molar-refractivity contribution in [2.24, 2.45) is 0 Å². The SMILES string of the molecule is CCCC/C=C/C/C=C/CCCCCCCC(=O)O[C@H](COC(=O)CCCCCCCCCCCCCCC)COP(=O)(O)OCC[N+](C)(C)C. The van der Waals surface area contributed by atoms with Crippen molar-refractivity contribution in [3.05, 3.63) is 24.3 Å². The molecule has 0 amide bonds. The van der Waals surface area contributed by atoms with Crippen LogP contribution in [0.15, 0.2) is 24.3 Å². The lowest BCUT2D eigenvalue weighted by atomic mass is 10.0. The molecule has 1 unspecified atom stereocenters. The number of carbonyl (C=O) groups is 2. The van der Waals surface area contributed by atoms with Crippen molar-refractivity contribution in [3.8, 4) is 0 Å². The number of ether oxygens (including phenoxy) is 2. The van der Waals surface area contributed by atoms with Crippen LogP contribution in [0.3, 0.4) is 0 Å². The molecular formula is C41H79NO8P+. The normalized spacial score (nSPS) is 13.9. The number of phosphoric ester groups is 1. The molecule has 2 atom stereocenters. The molecule has 0 saturated heterocycles. The van der Waals surface area contributed by atoms with Gasteiger partial charge in [-0.05, 0) is 38.5 Å². The van der Waals surface area contributed by atoms with E-state index in [0.717, 1.165) is 64.2 Å². The van der Waals surface area contributed by atoms with Gasteiger partial charge in [-0.2, -0.15) is 0 Å². The average molecular weight is 745 g/mol. The van der Waals surface area contributed by atoms with Crippen LogP contribution in [0.25, 0.3) is 0 Å². The number of unbranched alkanes of at least 4 members (excludes halogenated alkanes) is 19. The minimum absolute atomic E-state index is 0.0304. The van der Waals surface area contributed by atoms with Crippen LogP contribution < -0.4 is 0 Å². The molecule has 0 aromatic rings. The van der Waals surface area contributed by atoms with E-state index in [0.29, 0.717) is 17.4 Å². The second-order valence-corrected chi connectivity index (χ2v) is 16.5. The van der Waals surface area contributed by atoms with Gasteiger partial charge in [0.1, 0.15) is 19.8 Å². The molecule has 0 aromatic heterocycles. The highest BCUT2D eigenvalue weighted by Gasteiger charge is 2.27. The van der Waals surface area contributed by atoms with Gasteiger partial charge in [0, 0.05) is 12.8 Å². The molecule has 1 N–H and O–H groups in total. The van der Waals surface area contributed by atoms with E-state index < -0.39 is 26.5 Å². The lowest BCUT2D eigenvalue weighted by Gasteiger charge is -2.24. The molecule has 0 spiro atoms. The molecule has 300 valence electrons. The van der Waals surface area contributed by atoms with E-state index in [1.54, 1.807) is 0 Å². The van der Waals surface area contributed by atoms with Crippen LogP contribution in [0, 0.1) is 0 Å². The summed E-state index contributed by atoms with van der Waals surface area (Å²) < 4.78 is 34.2. The maximum absolute atomic E-state index is 12.6. The molecule has 0 saturated carbocycles. The van der Waals surface area contributed by atoms with Crippen LogP contribution >= 0.6 is 7.82 Å². The zero-order chi connectivity index (χ0) is 37.9. The van der Waals surface area contributed by atoms with Gasteiger partial charge in [-0.15, -0.1) is 0 Å². The van der Waals surface area contributed by atoms with Crippen LogP contribution in [0.1, 0.15) is 174 Å². The molecule has 10 heteroatoms. The number of rotatable bonds is 37. The van der Waals surface area contributed by atoms with Crippen LogP contribution in [-0.2, 0) is 32.7 Å². The van der Waals surface area contributed by atoms with Crippen molar-refractivity contribution in [3.63, 3.8) is 0 Å². The summed E-state index contributed by atoms with van der Waals surface area (Å²) in [5.41, 5.74) is 0. The van der Waals surface area contributed by atoms with Crippen molar-refractivity contribution >= 4 is 19.8 Å². The quantitative estimate of drug-likeness (QED) is 0.0220. The van der Waals surface area contributed by atoms with Crippen molar-refractivity contribution in [1.82, 2.24) is 0 Å². The molecule has 0 heterocycles. The number of likely N-dealkylation sites (N-methyl/N-ethyl adjacent to an activating group) is 1. The van der Waals surface area contributed by atoms with Crippen LogP contribution in [0.4, 0.5) is 0 Å². The lowest BCUT2D eigenvalue weighted by molar-refractivity contribution is -0.870. The molecule has 0 aromatic carbocycles. The number of quaternary nitrogens is 1. The molecule has 51 heavy (non-hydrogen) atoms. The highest BCUT2D eigenvalue weighted by Crippen LogP contribution is 2.43. The number of hydrogen-bond donors (Lipinski definition) is 1. The van der Waals surface area contributed by atoms with Crippen molar-refractivity contribution in [2.45, 2.75) is 180 Å². The standard InChI is InChI=1S/C41H78NO8P/c1-6-8-10-12-14-16-18-20-22-24-26-28-30-32-34-41(44)50-39(38-49-51(45,46)48-36-35-42(3,4)5)37-47-40(43)33-31-29-27-25-23-21-19-17-15-13-11-9-7-2/h12,14,18,20,39H,6-11,13,15-17,19,21-38H2,1-5H3/p+1/b14-12+,20-18+/t39-/m1/s1. The Balaban J connectivity index is 4.42. The number of nitrogens with zero attached hydrogens (tertiary/aromatic N) is 1. The van der Waals surface area contributed by atoms with Crippen LogP contribution in [0.5, 0.6) is 0 Å². The van der Waals surface area contributed by atoms with Gasteiger partial charge >= 0.3 is 19.8 Å². The first-order chi connectivity index (χ1) is 24.5. The average Bonchev–Trinajstić information content (AvgIpc) is 3.07. The van der Waals surface area contributed by atoms with Crippen molar-refractivity contribution in [2.75, 3.05) is 47.5 Å². The Morgan fingerprint density at radius 1 is 0.608 bits per heavy atom. The lowest BCUT2D eigenvalue weighted by Crippen LogP contribution is -2.37. The molecule has 0 radical (unpaired) electrons. The molecule has 0 aliphatic carbocycles. The Morgan fingerprint density at radius 3 is 1.61 bits per heavy atom. The summed E-state index contributed by atoms with van der Waals surface area (Å²) in [5, 5.41) is 0. The first-order valence-corrected chi connectivity index (χ1v) is 22.1. The topological polar surface area (TPSA) is 108 Å². The summed E-state index contributed by atoms with van der Waals surface area (Å²) in [6.07, 6.45) is 35.0. The van der Waals surface area contributed by atoms with Gasteiger partial charge in [-0.1, -0.05) is 147 Å². The molecule has 0 bridgehead atoms. The third-order valence-electron chi connectivity index (χ3n) is 8.73. The predicted molar refractivity (Wildman–Crippen MR) is 211 cm³/mol. The third kappa shape index (κ3) is 38.0. The Hall–Kier alpha value is -1.51. The van der Waals surface area contributed by atoms with Gasteiger partial charge in [0.25, 0.3) is 0 Å². The third-order valence-corrected chi connectivity index (χ3v) is 9.72. The molecule has 0 fully saturated rings. The fraction of sp³-hybridized carbons (Fsp3) is 0.854. The molecule has 0 rings (SSSR count). The van der Waals surface area contributed by atoms with Crippen LogP contribution in [0.2, 0.25) is 0 Å². The van der Waals surface area contributed by atoms with E-state index in [-0.39, 0.29) is 32.0 Å². The van der Waals surface area contributed by atoms with E-state index in [2.05, 4.69) is 38.2 Å². The van der Waals surface area contributed by atoms with E-state index in [1.807, 2.05) is 21.1 Å². The maximum Gasteiger partial charge on any atom is 0.472 e. The molecule has 0 aliphatic rings. The van der Waals surface area contributed by atoms with Gasteiger partial charge in [0.05, 0.1) is 27.7 Å².